The van der Waals surface area contributed by atoms with Crippen LogP contribution in [0.2, 0.25) is 0 Å². The van der Waals surface area contributed by atoms with E-state index < -0.39 is 0 Å². The second kappa shape index (κ2) is 9.87. The molecule has 0 radical (unpaired) electrons. The number of hydrogen-bond acceptors (Lipinski definition) is 1. The first-order chi connectivity index (χ1) is 10.3. The van der Waals surface area contributed by atoms with E-state index in [4.69, 9.17) is 4.74 Å². The van der Waals surface area contributed by atoms with Gasteiger partial charge in [-0.25, -0.2) is 0 Å². The first kappa shape index (κ1) is 17.3. The monoisotopic (exact) mass is 294 g/mol. The number of hydrogen-bond donors (Lipinski definition) is 0. The maximum Gasteiger partial charge on any atom is 0.0575 e. The zero-order valence-electron chi connectivity index (χ0n) is 14.6. The summed E-state index contributed by atoms with van der Waals surface area (Å²) in [6.45, 7) is 5.52. The standard InChI is InChI=1S/C20H38O/c1-3-5-17-6-8-18(9-7-17)10-11-19-12-14-20(15-13-19)21-16-4-2/h17-20H,3-16H2,1-2H3. The first-order valence-electron chi connectivity index (χ1n) is 9.93. The van der Waals surface area contributed by atoms with E-state index in [9.17, 15) is 0 Å². The molecule has 124 valence electrons. The van der Waals surface area contributed by atoms with Crippen LogP contribution in [0.5, 0.6) is 0 Å². The number of ether oxygens (including phenoxy) is 1. The van der Waals surface area contributed by atoms with Crippen LogP contribution in [0.25, 0.3) is 0 Å². The summed E-state index contributed by atoms with van der Waals surface area (Å²) < 4.78 is 5.91. The smallest absolute Gasteiger partial charge is 0.0575 e. The third-order valence-electron chi connectivity index (χ3n) is 6.00. The summed E-state index contributed by atoms with van der Waals surface area (Å²) in [5.41, 5.74) is 0. The molecule has 0 amide bonds. The molecule has 2 rings (SSSR count). The van der Waals surface area contributed by atoms with Gasteiger partial charge in [0, 0.05) is 6.61 Å². The molecule has 2 saturated carbocycles. The van der Waals surface area contributed by atoms with Gasteiger partial charge < -0.3 is 4.74 Å². The zero-order chi connectivity index (χ0) is 14.9. The van der Waals surface area contributed by atoms with E-state index in [1.165, 1.54) is 83.5 Å². The van der Waals surface area contributed by atoms with Gasteiger partial charge in [-0.1, -0.05) is 65.2 Å². The van der Waals surface area contributed by atoms with E-state index in [-0.39, 0.29) is 0 Å². The topological polar surface area (TPSA) is 9.23 Å². The Kier molecular flexibility index (Phi) is 8.14. The van der Waals surface area contributed by atoms with Crippen LogP contribution < -0.4 is 0 Å². The fourth-order valence-corrected chi connectivity index (χ4v) is 4.56. The predicted octanol–water partition coefficient (Wildman–Crippen LogP) is 6.36. The van der Waals surface area contributed by atoms with Crippen molar-refractivity contribution in [3.8, 4) is 0 Å². The second-order valence-electron chi connectivity index (χ2n) is 7.77. The van der Waals surface area contributed by atoms with E-state index in [0.717, 1.165) is 24.4 Å². The van der Waals surface area contributed by atoms with Crippen molar-refractivity contribution in [2.24, 2.45) is 17.8 Å². The molecule has 1 heteroatoms. The zero-order valence-corrected chi connectivity index (χ0v) is 14.6. The summed E-state index contributed by atoms with van der Waals surface area (Å²) in [5.74, 6) is 3.14. The Hall–Kier alpha value is -0.0400. The molecule has 0 spiro atoms. The van der Waals surface area contributed by atoms with Crippen molar-refractivity contribution in [3.05, 3.63) is 0 Å². The third-order valence-corrected chi connectivity index (χ3v) is 6.00. The minimum absolute atomic E-state index is 0.589. The van der Waals surface area contributed by atoms with Crippen molar-refractivity contribution in [3.63, 3.8) is 0 Å². The molecule has 0 N–H and O–H groups in total. The molecular formula is C20H38O. The Morgan fingerprint density at radius 3 is 1.57 bits per heavy atom. The molecule has 0 unspecified atom stereocenters. The quantitative estimate of drug-likeness (QED) is 0.506. The van der Waals surface area contributed by atoms with Crippen LogP contribution >= 0.6 is 0 Å². The van der Waals surface area contributed by atoms with E-state index in [1.807, 2.05) is 0 Å². The summed E-state index contributed by atoms with van der Waals surface area (Å²) in [7, 11) is 0. The molecule has 1 nitrogen and oxygen atoms in total. The van der Waals surface area contributed by atoms with Gasteiger partial charge in [0.15, 0.2) is 0 Å². The Labute approximate surface area is 133 Å². The highest BCUT2D eigenvalue weighted by atomic mass is 16.5. The third kappa shape index (κ3) is 6.30. The minimum Gasteiger partial charge on any atom is -0.378 e. The molecule has 21 heavy (non-hydrogen) atoms. The Balaban J connectivity index is 1.54. The fourth-order valence-electron chi connectivity index (χ4n) is 4.56. The molecule has 0 aromatic rings. The first-order valence-corrected chi connectivity index (χ1v) is 9.93. The molecule has 0 bridgehead atoms. The van der Waals surface area contributed by atoms with Gasteiger partial charge in [0.25, 0.3) is 0 Å². The van der Waals surface area contributed by atoms with E-state index in [0.29, 0.717) is 6.10 Å². The fraction of sp³-hybridized carbons (Fsp3) is 1.00. The van der Waals surface area contributed by atoms with Crippen LogP contribution in [-0.4, -0.2) is 12.7 Å². The van der Waals surface area contributed by atoms with Gasteiger partial charge in [-0.3, -0.25) is 0 Å². The molecule has 2 aliphatic carbocycles. The number of rotatable bonds is 8. The highest BCUT2D eigenvalue weighted by Crippen LogP contribution is 2.36. The minimum atomic E-state index is 0.589. The molecule has 0 atom stereocenters. The van der Waals surface area contributed by atoms with Crippen LogP contribution in [0.3, 0.4) is 0 Å². The lowest BCUT2D eigenvalue weighted by molar-refractivity contribution is 0.0168. The predicted molar refractivity (Wildman–Crippen MR) is 91.6 cm³/mol. The van der Waals surface area contributed by atoms with Gasteiger partial charge in [0.2, 0.25) is 0 Å². The molecule has 0 aliphatic heterocycles. The van der Waals surface area contributed by atoms with Crippen LogP contribution in [0.4, 0.5) is 0 Å². The van der Waals surface area contributed by atoms with Crippen LogP contribution in [0.15, 0.2) is 0 Å². The van der Waals surface area contributed by atoms with Crippen molar-refractivity contribution in [1.29, 1.82) is 0 Å². The lowest BCUT2D eigenvalue weighted by Gasteiger charge is -2.32. The largest absolute Gasteiger partial charge is 0.378 e. The molecule has 2 fully saturated rings. The van der Waals surface area contributed by atoms with Crippen molar-refractivity contribution >= 4 is 0 Å². The van der Waals surface area contributed by atoms with Gasteiger partial charge >= 0.3 is 0 Å². The average Bonchev–Trinajstić information content (AvgIpc) is 2.53. The SMILES string of the molecule is CCCOC1CCC(CCC2CCC(CCC)CC2)CC1. The Morgan fingerprint density at radius 1 is 0.619 bits per heavy atom. The summed E-state index contributed by atoms with van der Waals surface area (Å²) in [6, 6.07) is 0. The molecular weight excluding hydrogens is 256 g/mol. The molecule has 0 aromatic heterocycles. The van der Waals surface area contributed by atoms with Gasteiger partial charge in [0.1, 0.15) is 0 Å². The van der Waals surface area contributed by atoms with Crippen LogP contribution in [0, 0.1) is 17.8 Å². The van der Waals surface area contributed by atoms with Crippen LogP contribution in [-0.2, 0) is 4.74 Å². The average molecular weight is 295 g/mol. The van der Waals surface area contributed by atoms with E-state index >= 15 is 0 Å². The van der Waals surface area contributed by atoms with Gasteiger partial charge in [-0.15, -0.1) is 0 Å². The van der Waals surface area contributed by atoms with Crippen molar-refractivity contribution < 1.29 is 4.74 Å². The lowest BCUT2D eigenvalue weighted by Crippen LogP contribution is -2.23. The summed E-state index contributed by atoms with van der Waals surface area (Å²) in [4.78, 5) is 0. The van der Waals surface area contributed by atoms with Gasteiger partial charge in [0.05, 0.1) is 6.10 Å². The Morgan fingerprint density at radius 2 is 1.10 bits per heavy atom. The highest BCUT2D eigenvalue weighted by molar-refractivity contribution is 4.77. The molecule has 0 heterocycles. The van der Waals surface area contributed by atoms with Crippen molar-refractivity contribution in [2.75, 3.05) is 6.61 Å². The van der Waals surface area contributed by atoms with E-state index in [1.54, 1.807) is 0 Å². The Bertz CT molecular complexity index is 247. The maximum atomic E-state index is 5.91. The summed E-state index contributed by atoms with van der Waals surface area (Å²) in [5, 5.41) is 0. The van der Waals surface area contributed by atoms with Gasteiger partial charge in [-0.05, 0) is 49.9 Å². The van der Waals surface area contributed by atoms with Crippen LogP contribution in [0.1, 0.15) is 97.3 Å². The lowest BCUT2D eigenvalue weighted by atomic mass is 9.76. The molecule has 2 aliphatic rings. The molecule has 0 saturated heterocycles. The second-order valence-corrected chi connectivity index (χ2v) is 7.77. The highest BCUT2D eigenvalue weighted by Gasteiger charge is 2.24. The summed E-state index contributed by atoms with van der Waals surface area (Å²) in [6.07, 6.45) is 19.3. The normalized spacial score (nSPS) is 34.0. The van der Waals surface area contributed by atoms with E-state index in [2.05, 4.69) is 13.8 Å². The summed E-state index contributed by atoms with van der Waals surface area (Å²) >= 11 is 0. The van der Waals surface area contributed by atoms with Crippen molar-refractivity contribution in [1.82, 2.24) is 0 Å². The maximum absolute atomic E-state index is 5.91. The molecule has 0 aromatic carbocycles. The van der Waals surface area contributed by atoms with Crippen molar-refractivity contribution in [2.45, 2.75) is 103 Å². The van der Waals surface area contributed by atoms with Gasteiger partial charge in [-0.2, -0.15) is 0 Å².